The fourth-order valence-corrected chi connectivity index (χ4v) is 2.05. The van der Waals surface area contributed by atoms with E-state index in [1.165, 1.54) is 5.56 Å². The number of nitrogen functional groups attached to an aromatic ring is 1. The molecule has 1 aromatic carbocycles. The highest BCUT2D eigenvalue weighted by Crippen LogP contribution is 2.10. The van der Waals surface area contributed by atoms with Crippen LogP contribution in [0.4, 0.5) is 5.82 Å². The summed E-state index contributed by atoms with van der Waals surface area (Å²) in [6.45, 7) is 2.34. The topological polar surface area (TPSA) is 62.4 Å². The van der Waals surface area contributed by atoms with Crippen LogP contribution < -0.4 is 5.73 Å². The summed E-state index contributed by atoms with van der Waals surface area (Å²) in [6.07, 6.45) is 1.71. The number of nitrogens with zero attached hydrogens (tertiary/aromatic N) is 2. The first-order chi connectivity index (χ1) is 9.28. The second-order valence-corrected chi connectivity index (χ2v) is 4.51. The van der Waals surface area contributed by atoms with E-state index in [1.807, 2.05) is 30.3 Å². The van der Waals surface area contributed by atoms with Crippen molar-refractivity contribution >= 4 is 5.82 Å². The molecule has 4 nitrogen and oxygen atoms in total. The minimum absolute atomic E-state index is 0.146. The highest BCUT2D eigenvalue weighted by molar-refractivity contribution is 5.31. The van der Waals surface area contributed by atoms with E-state index in [-0.39, 0.29) is 6.61 Å². The molecule has 0 unspecified atom stereocenters. The second kappa shape index (κ2) is 6.87. The molecule has 4 heteroatoms. The Hall–Kier alpha value is -1.91. The third-order valence-electron chi connectivity index (χ3n) is 2.92. The third kappa shape index (κ3) is 4.35. The summed E-state index contributed by atoms with van der Waals surface area (Å²) in [5.41, 5.74) is 8.02. The van der Waals surface area contributed by atoms with Gasteiger partial charge in [-0.05, 0) is 23.3 Å². The second-order valence-electron chi connectivity index (χ2n) is 4.51. The van der Waals surface area contributed by atoms with E-state index in [9.17, 15) is 0 Å². The summed E-state index contributed by atoms with van der Waals surface area (Å²) < 4.78 is 0. The van der Waals surface area contributed by atoms with E-state index < -0.39 is 0 Å². The largest absolute Gasteiger partial charge is 0.395 e. The summed E-state index contributed by atoms with van der Waals surface area (Å²) >= 11 is 0. The fraction of sp³-hybridized carbons (Fsp3) is 0.267. The number of rotatable bonds is 6. The molecule has 100 valence electrons. The van der Waals surface area contributed by atoms with E-state index >= 15 is 0 Å². The van der Waals surface area contributed by atoms with Crippen molar-refractivity contribution in [1.82, 2.24) is 9.88 Å². The van der Waals surface area contributed by atoms with Crippen LogP contribution in [-0.2, 0) is 13.1 Å². The number of anilines is 1. The molecule has 2 aromatic rings. The molecular formula is C15H19N3O. The molecule has 19 heavy (non-hydrogen) atoms. The molecule has 0 bridgehead atoms. The number of aromatic nitrogens is 1. The molecule has 0 atom stereocenters. The Morgan fingerprint density at radius 1 is 1.05 bits per heavy atom. The molecule has 0 aliphatic heterocycles. The quantitative estimate of drug-likeness (QED) is 0.826. The zero-order valence-corrected chi connectivity index (χ0v) is 10.9. The van der Waals surface area contributed by atoms with Gasteiger partial charge in [-0.15, -0.1) is 0 Å². The van der Waals surface area contributed by atoms with Crippen LogP contribution in [-0.4, -0.2) is 28.1 Å². The van der Waals surface area contributed by atoms with Gasteiger partial charge in [0.25, 0.3) is 0 Å². The van der Waals surface area contributed by atoms with E-state index in [1.54, 1.807) is 6.20 Å². The first-order valence-electron chi connectivity index (χ1n) is 6.35. The highest BCUT2D eigenvalue weighted by atomic mass is 16.3. The van der Waals surface area contributed by atoms with Gasteiger partial charge in [0.2, 0.25) is 0 Å². The van der Waals surface area contributed by atoms with Crippen molar-refractivity contribution in [2.24, 2.45) is 0 Å². The maximum atomic E-state index is 9.17. The number of hydrogen-bond acceptors (Lipinski definition) is 4. The van der Waals surface area contributed by atoms with Gasteiger partial charge >= 0.3 is 0 Å². The molecule has 1 heterocycles. The molecule has 0 saturated heterocycles. The lowest BCUT2D eigenvalue weighted by Gasteiger charge is -2.21. The Balaban J connectivity index is 2.04. The molecule has 0 aliphatic rings. The van der Waals surface area contributed by atoms with Crippen LogP contribution in [0.5, 0.6) is 0 Å². The van der Waals surface area contributed by atoms with Crippen molar-refractivity contribution in [2.75, 3.05) is 18.9 Å². The molecule has 1 aromatic heterocycles. The normalized spacial score (nSPS) is 10.8. The molecule has 0 amide bonds. The minimum Gasteiger partial charge on any atom is -0.395 e. The molecule has 2 rings (SSSR count). The van der Waals surface area contributed by atoms with Gasteiger partial charge in [0.1, 0.15) is 5.82 Å². The maximum absolute atomic E-state index is 9.17. The van der Waals surface area contributed by atoms with Crippen LogP contribution in [0.3, 0.4) is 0 Å². The van der Waals surface area contributed by atoms with Gasteiger partial charge in [-0.2, -0.15) is 0 Å². The monoisotopic (exact) mass is 257 g/mol. The Morgan fingerprint density at radius 2 is 1.79 bits per heavy atom. The van der Waals surface area contributed by atoms with Crippen LogP contribution in [0.15, 0.2) is 48.7 Å². The summed E-state index contributed by atoms with van der Waals surface area (Å²) in [5.74, 6) is 0.529. The smallest absolute Gasteiger partial charge is 0.123 e. The van der Waals surface area contributed by atoms with E-state index in [0.29, 0.717) is 12.4 Å². The van der Waals surface area contributed by atoms with Crippen molar-refractivity contribution in [2.45, 2.75) is 13.1 Å². The summed E-state index contributed by atoms with van der Waals surface area (Å²) in [5, 5.41) is 9.17. The zero-order valence-electron chi connectivity index (χ0n) is 10.9. The molecule has 0 radical (unpaired) electrons. The summed E-state index contributed by atoms with van der Waals surface area (Å²) in [4.78, 5) is 6.17. The lowest BCUT2D eigenvalue weighted by atomic mass is 10.2. The lowest BCUT2D eigenvalue weighted by Crippen LogP contribution is -2.26. The third-order valence-corrected chi connectivity index (χ3v) is 2.92. The predicted octanol–water partition coefficient (Wildman–Crippen LogP) is 1.66. The van der Waals surface area contributed by atoms with E-state index in [4.69, 9.17) is 10.8 Å². The fourth-order valence-electron chi connectivity index (χ4n) is 2.05. The van der Waals surface area contributed by atoms with Crippen molar-refractivity contribution in [3.63, 3.8) is 0 Å². The molecular weight excluding hydrogens is 238 g/mol. The molecule has 0 spiro atoms. The van der Waals surface area contributed by atoms with Gasteiger partial charge in [-0.1, -0.05) is 30.3 Å². The minimum atomic E-state index is 0.146. The summed E-state index contributed by atoms with van der Waals surface area (Å²) in [6, 6.07) is 14.1. The van der Waals surface area contributed by atoms with Crippen molar-refractivity contribution in [3.8, 4) is 0 Å². The first kappa shape index (κ1) is 13.5. The Kier molecular flexibility index (Phi) is 4.89. The van der Waals surface area contributed by atoms with Gasteiger partial charge in [-0.3, -0.25) is 4.90 Å². The van der Waals surface area contributed by atoms with E-state index in [2.05, 4.69) is 22.0 Å². The van der Waals surface area contributed by atoms with Crippen LogP contribution in [0.2, 0.25) is 0 Å². The number of pyridine rings is 1. The molecule has 0 fully saturated rings. The van der Waals surface area contributed by atoms with Gasteiger partial charge in [0, 0.05) is 25.8 Å². The average molecular weight is 257 g/mol. The predicted molar refractivity (Wildman–Crippen MR) is 76.3 cm³/mol. The Bertz CT molecular complexity index is 502. The average Bonchev–Trinajstić information content (AvgIpc) is 2.40. The van der Waals surface area contributed by atoms with Gasteiger partial charge in [-0.25, -0.2) is 4.98 Å². The number of aliphatic hydroxyl groups is 1. The van der Waals surface area contributed by atoms with Crippen LogP contribution in [0.1, 0.15) is 11.1 Å². The number of benzene rings is 1. The van der Waals surface area contributed by atoms with Crippen LogP contribution >= 0.6 is 0 Å². The van der Waals surface area contributed by atoms with Crippen LogP contribution in [0, 0.1) is 0 Å². The zero-order chi connectivity index (χ0) is 13.5. The standard InChI is InChI=1S/C15H19N3O/c16-15-10-14(6-7-17-15)12-18(8-9-19)11-13-4-2-1-3-5-13/h1-7,10,19H,8-9,11-12H2,(H2,16,17). The Labute approximate surface area is 113 Å². The van der Waals surface area contributed by atoms with Gasteiger partial charge < -0.3 is 10.8 Å². The molecule has 3 N–H and O–H groups in total. The van der Waals surface area contributed by atoms with Gasteiger partial charge in [0.15, 0.2) is 0 Å². The summed E-state index contributed by atoms with van der Waals surface area (Å²) in [7, 11) is 0. The van der Waals surface area contributed by atoms with Crippen molar-refractivity contribution < 1.29 is 5.11 Å². The van der Waals surface area contributed by atoms with Crippen molar-refractivity contribution in [1.29, 1.82) is 0 Å². The van der Waals surface area contributed by atoms with Crippen molar-refractivity contribution in [3.05, 3.63) is 59.8 Å². The Morgan fingerprint density at radius 3 is 2.47 bits per heavy atom. The maximum Gasteiger partial charge on any atom is 0.123 e. The first-order valence-corrected chi connectivity index (χ1v) is 6.35. The van der Waals surface area contributed by atoms with Crippen LogP contribution in [0.25, 0.3) is 0 Å². The number of nitrogens with two attached hydrogens (primary N) is 1. The SMILES string of the molecule is Nc1cc(CN(CCO)Cc2ccccc2)ccn1. The molecule has 0 aliphatic carbocycles. The number of aliphatic hydroxyl groups excluding tert-OH is 1. The highest BCUT2D eigenvalue weighted by Gasteiger charge is 2.07. The number of hydrogen-bond donors (Lipinski definition) is 2. The lowest BCUT2D eigenvalue weighted by molar-refractivity contribution is 0.184. The molecule has 0 saturated carbocycles. The van der Waals surface area contributed by atoms with E-state index in [0.717, 1.165) is 18.7 Å². The van der Waals surface area contributed by atoms with Gasteiger partial charge in [0.05, 0.1) is 6.61 Å².